The molecule has 31 nitrogen and oxygen atoms in total. The summed E-state index contributed by atoms with van der Waals surface area (Å²) in [7, 11) is -4.40. The Morgan fingerprint density at radius 3 is 2.16 bits per heavy atom. The van der Waals surface area contributed by atoms with Crippen molar-refractivity contribution in [2.45, 2.75) is 217 Å². The molecule has 10 N–H and O–H groups in total. The molecule has 2 aliphatic carbocycles. The quantitative estimate of drug-likeness (QED) is 0.00433. The minimum Gasteiger partial charge on any atom is -0.508 e. The van der Waals surface area contributed by atoms with Gasteiger partial charge in [-0.2, -0.15) is 13.0 Å². The van der Waals surface area contributed by atoms with Crippen LogP contribution in [0.5, 0.6) is 11.5 Å². The lowest BCUT2D eigenvalue weighted by molar-refractivity contribution is -0.433. The van der Waals surface area contributed by atoms with Crippen LogP contribution >= 0.6 is 11.8 Å². The Morgan fingerprint density at radius 1 is 0.729 bits per heavy atom. The molecule has 4 heterocycles. The van der Waals surface area contributed by atoms with E-state index in [-0.39, 0.29) is 122 Å². The Labute approximate surface area is 755 Å². The fraction of sp³-hybridized carbons (Fsp3) is 0.438. The van der Waals surface area contributed by atoms with Crippen LogP contribution in [0, 0.1) is 17.8 Å². The normalized spacial score (nSPS) is 17.7. The van der Waals surface area contributed by atoms with Gasteiger partial charge >= 0.3 is 0 Å². The highest BCUT2D eigenvalue weighted by Gasteiger charge is 2.46. The van der Waals surface area contributed by atoms with Crippen LogP contribution in [-0.4, -0.2) is 205 Å². The van der Waals surface area contributed by atoms with Gasteiger partial charge in [-0.25, -0.2) is 4.98 Å². The van der Waals surface area contributed by atoms with Crippen LogP contribution in [-0.2, 0) is 96.1 Å². The molecule has 129 heavy (non-hydrogen) atoms. The Morgan fingerprint density at radius 2 is 1.47 bits per heavy atom. The monoisotopic (exact) mass is 1810 g/mol. The molecule has 0 saturated carbocycles. The summed E-state index contributed by atoms with van der Waals surface area (Å²) in [5, 5.41) is 36.4. The molecule has 1 unspecified atom stereocenters. The van der Waals surface area contributed by atoms with E-state index in [1.54, 1.807) is 43.5 Å². The molecule has 33 heteroatoms. The second-order valence-electron chi connectivity index (χ2n) is 34.3. The smallest absolute Gasteiger partial charge is 0.298 e. The first-order chi connectivity index (χ1) is 61.2. The molecule has 686 valence electrons. The number of imide groups is 1. The largest absolute Gasteiger partial charge is 0.508 e. The van der Waals surface area contributed by atoms with Gasteiger partial charge in [0.05, 0.1) is 63.8 Å². The number of aromatic nitrogens is 2. The van der Waals surface area contributed by atoms with Gasteiger partial charge in [-0.3, -0.25) is 76.6 Å². The summed E-state index contributed by atoms with van der Waals surface area (Å²) in [6, 6.07) is 17.4. The SMILES string of the molecule is CCC(=O)[C@@H](Cc1c[nH]cn1)NC(=O)[C@H](CC(=O)[C@@H](C)NC(=O)[C@@H](C)CC(=O)[C@@H](C)NC(=O)[C@@H](CCCCNC(=O)c1ccc(OC=O)c(C2=C3C=CC(=O)C=C3Cc3cc(O)ccc32)c1)CC(=O)[C@@H](CSC1CC(=O)N(CCNC(=O)CCCCCN2/C(=C/C=C/C=C/C3=[N+](CC)c4ccc(S(=O)(=O)O)cc4C3(C)C)C(C)(C)c3ccccc32)C1=O)NC(C)=O)[C@H](C)O. The molecule has 0 radical (unpaired) electrons. The third kappa shape index (κ3) is 24.8. The number of likely N-dealkylation sites (tertiary alicyclic amines) is 1. The highest BCUT2D eigenvalue weighted by molar-refractivity contribution is 8.00. The molecule has 8 amide bonds. The second kappa shape index (κ2) is 44.2. The van der Waals surface area contributed by atoms with Gasteiger partial charge < -0.3 is 56.7 Å². The van der Waals surface area contributed by atoms with Gasteiger partial charge in [0.1, 0.15) is 18.0 Å². The lowest BCUT2D eigenvalue weighted by Crippen LogP contribution is -2.49. The number of phenols is 1. The summed E-state index contributed by atoms with van der Waals surface area (Å²) in [5.41, 5.74) is 9.28. The van der Waals surface area contributed by atoms with Crippen LogP contribution in [0.2, 0.25) is 0 Å². The molecule has 5 aromatic rings. The number of Topliss-reactive ketones (excluding diaryl/α,β-unsaturated/α-hetero) is 4. The first-order valence-corrected chi connectivity index (χ1v) is 46.1. The molecule has 3 aliphatic heterocycles. The minimum absolute atomic E-state index is 0.0110. The van der Waals surface area contributed by atoms with Crippen molar-refractivity contribution in [2.24, 2.45) is 17.8 Å². The highest BCUT2D eigenvalue weighted by Crippen LogP contribution is 2.49. The summed E-state index contributed by atoms with van der Waals surface area (Å²) in [4.78, 5) is 199. The Bertz CT molecular complexity index is 5520. The topological polar surface area (TPSA) is 453 Å². The lowest BCUT2D eigenvalue weighted by Gasteiger charge is -2.27. The number of benzene rings is 4. The van der Waals surface area contributed by atoms with E-state index in [2.05, 4.69) is 83.4 Å². The van der Waals surface area contributed by atoms with Gasteiger partial charge in [-0.1, -0.05) is 89.1 Å². The summed E-state index contributed by atoms with van der Waals surface area (Å²) in [6.45, 7) is 20.2. The number of nitrogens with zero attached hydrogens (tertiary/aromatic N) is 4. The van der Waals surface area contributed by atoms with Crippen LogP contribution in [0.15, 0.2) is 162 Å². The molecule has 9 atom stereocenters. The summed E-state index contributed by atoms with van der Waals surface area (Å²) in [6.07, 6.45) is 17.6. The highest BCUT2D eigenvalue weighted by atomic mass is 32.2. The van der Waals surface area contributed by atoms with Gasteiger partial charge in [0, 0.05) is 153 Å². The molecule has 1 aromatic heterocycles. The van der Waals surface area contributed by atoms with Gasteiger partial charge in [-0.15, -0.1) is 11.8 Å². The number of ketones is 5. The number of aromatic hydroxyl groups is 1. The number of aromatic amines is 1. The van der Waals surface area contributed by atoms with Crippen molar-refractivity contribution < 1.29 is 99.6 Å². The maximum absolute atomic E-state index is 14.6. The van der Waals surface area contributed by atoms with Gasteiger partial charge in [-0.05, 0) is 168 Å². The average molecular weight is 1810 g/mol. The van der Waals surface area contributed by atoms with Gasteiger partial charge in [0.25, 0.3) is 22.5 Å². The molecular formula is C96H116N11O20S2+. The van der Waals surface area contributed by atoms with Crippen LogP contribution < -0.4 is 41.5 Å². The number of fused-ring (bicyclic) bond motifs is 4. The standard InChI is InChI=1S/C96H115N11O20S2/c1-12-79(113)75(48-65-52-97-54-100-65)104-93(122)71(59(6)109)50-81(115)58(5)101-90(119)56(3)42-80(114)57(4)102-92(121)61(24-21-22-38-99-91(120)62-30-37-83(127-55-108)72(46-62)89-69-34-31-66(111)44-63(69)43-64-45-67(112)32-35-70(64)89)47-82(116)76(103-60(7)110)53-128-84-51-88(118)107(94(84)123)41-39-98-87(117)29-18-15-23-40-106-77-26-20-19-25-73(77)95(8,9)86(106)28-17-14-16-27-85-96(10,11)74-49-68(129(124,125)126)33-36-78(74)105(85)13-2/h14,16-17,19-20,25-28,30-37,44-46,49,52,54-59,61,71,75-76,84,109H,12-13,15,18,21-24,29,38-43,47-48,50-51,53H2,1-11H3,(H8-,97,98,99,100,101,102,103,104,110,111,112,117,119,120,121,122,124,125,126)/p+1/t56-,57+,58+,59-,61-,71+,75+,76+,84?/m0/s1. The van der Waals surface area contributed by atoms with Crippen molar-refractivity contribution in [3.63, 3.8) is 0 Å². The van der Waals surface area contributed by atoms with E-state index in [1.165, 1.54) is 89.0 Å². The van der Waals surface area contributed by atoms with E-state index in [4.69, 9.17) is 4.74 Å². The number of thioether (sulfide) groups is 1. The maximum atomic E-state index is 14.6. The fourth-order valence-corrected chi connectivity index (χ4v) is 18.7. The third-order valence-corrected chi connectivity index (χ3v) is 26.4. The average Bonchev–Trinajstić information content (AvgIpc) is 1.27. The fourth-order valence-electron chi connectivity index (χ4n) is 17.0. The van der Waals surface area contributed by atoms with Crippen LogP contribution in [0.25, 0.3) is 5.57 Å². The number of carbonyl (C=O) groups is 14. The Kier molecular flexibility index (Phi) is 33.9. The van der Waals surface area contributed by atoms with Gasteiger partial charge in [0.2, 0.25) is 47.0 Å². The molecule has 5 aliphatic rings. The number of H-pyrrole nitrogens is 1. The summed E-state index contributed by atoms with van der Waals surface area (Å²) in [5.74, 6) is -10.9. The van der Waals surface area contributed by atoms with E-state index in [0.717, 1.165) is 51.4 Å². The van der Waals surface area contributed by atoms with E-state index in [0.29, 0.717) is 71.5 Å². The zero-order chi connectivity index (χ0) is 93.9. The zero-order valence-corrected chi connectivity index (χ0v) is 76.2. The number of rotatable bonds is 47. The molecule has 1 fully saturated rings. The molecule has 10 rings (SSSR count). The predicted octanol–water partition coefficient (Wildman–Crippen LogP) is 9.00. The Hall–Kier alpha value is -12.2. The number of aliphatic hydroxyl groups is 1. The summed E-state index contributed by atoms with van der Waals surface area (Å²) < 4.78 is 41.5. The first kappa shape index (κ1) is 99.0. The van der Waals surface area contributed by atoms with Gasteiger partial charge in [0.15, 0.2) is 34.6 Å². The van der Waals surface area contributed by atoms with Crippen molar-refractivity contribution in [3.05, 3.63) is 196 Å². The molecule has 0 bridgehead atoms. The number of hydrogen-bond donors (Lipinski definition) is 10. The third-order valence-electron chi connectivity index (χ3n) is 24.2. The van der Waals surface area contributed by atoms with Crippen LogP contribution in [0.3, 0.4) is 0 Å². The van der Waals surface area contributed by atoms with E-state index < -0.39 is 147 Å². The number of amides is 8. The number of nitrogens with one attached hydrogen (secondary N) is 7. The lowest BCUT2D eigenvalue weighted by atomic mass is 9.77. The van der Waals surface area contributed by atoms with E-state index >= 15 is 0 Å². The van der Waals surface area contributed by atoms with Crippen molar-refractivity contribution in [2.75, 3.05) is 43.4 Å². The Balaban J connectivity index is 0.735. The van der Waals surface area contributed by atoms with Crippen molar-refractivity contribution in [1.82, 2.24) is 46.8 Å². The summed E-state index contributed by atoms with van der Waals surface area (Å²) >= 11 is 0.963. The molecule has 0 spiro atoms. The predicted molar refractivity (Wildman–Crippen MR) is 485 cm³/mol. The molecular weight excluding hydrogens is 1690 g/mol. The van der Waals surface area contributed by atoms with Crippen molar-refractivity contribution in [3.8, 4) is 11.5 Å². The van der Waals surface area contributed by atoms with Crippen molar-refractivity contribution in [1.29, 1.82) is 0 Å². The number of unbranched alkanes of at least 4 members (excludes halogenated alkanes) is 3. The number of aliphatic hydroxyl groups excluding tert-OH is 1. The minimum atomic E-state index is -4.40. The first-order valence-electron chi connectivity index (χ1n) is 43.7. The number of imidazole rings is 1. The van der Waals surface area contributed by atoms with Crippen LogP contribution in [0.4, 0.5) is 11.4 Å². The number of anilines is 1. The number of allylic oxidation sites excluding steroid dienone is 11. The number of carbonyl (C=O) groups excluding carboxylic acids is 14. The zero-order valence-electron chi connectivity index (χ0n) is 74.6. The number of phenolic OH excluding ortho intramolecular Hbond substituents is 1. The number of para-hydroxylation sites is 1. The van der Waals surface area contributed by atoms with E-state index in [1.807, 2.05) is 57.2 Å². The maximum Gasteiger partial charge on any atom is 0.298 e. The number of hydrogen-bond acceptors (Lipinski definition) is 22. The molecule has 4 aromatic carbocycles. The second-order valence-corrected chi connectivity index (χ2v) is 36.9. The molecule has 1 saturated heterocycles. The number of ether oxygens (including phenoxy) is 1. The van der Waals surface area contributed by atoms with Crippen LogP contribution in [0.1, 0.15) is 197 Å². The van der Waals surface area contributed by atoms with E-state index in [9.17, 15) is 90.3 Å². The van der Waals surface area contributed by atoms with Crippen molar-refractivity contribution >= 4 is 127 Å².